The van der Waals surface area contributed by atoms with E-state index in [0.717, 1.165) is 0 Å². The maximum absolute atomic E-state index is 5.85. The van der Waals surface area contributed by atoms with E-state index in [1.54, 1.807) is 36.4 Å². The first kappa shape index (κ1) is 11.5. The zero-order valence-electron chi connectivity index (χ0n) is 9.18. The molecular formula is C12H11ClN2O2. The maximum Gasteiger partial charge on any atom is 0.240 e. The van der Waals surface area contributed by atoms with E-state index in [-0.39, 0.29) is 0 Å². The highest BCUT2D eigenvalue weighted by Crippen LogP contribution is 2.26. The summed E-state index contributed by atoms with van der Waals surface area (Å²) in [6.45, 7) is 0. The summed E-state index contributed by atoms with van der Waals surface area (Å²) in [4.78, 5) is 4.10. The first-order chi connectivity index (χ1) is 8.19. The normalized spacial score (nSPS) is 10.0. The number of methoxy groups -OCH3 is 1. The van der Waals surface area contributed by atoms with Gasteiger partial charge in [-0.15, -0.1) is 0 Å². The fourth-order valence-corrected chi connectivity index (χ4v) is 1.49. The lowest BCUT2D eigenvalue weighted by Gasteiger charge is -2.07. The molecule has 1 aromatic carbocycles. The number of ether oxygens (including phenoxy) is 2. The van der Waals surface area contributed by atoms with Gasteiger partial charge in [-0.1, -0.05) is 17.7 Å². The summed E-state index contributed by atoms with van der Waals surface area (Å²) in [5, 5.41) is 0.602. The number of aromatic nitrogens is 1. The molecule has 0 radical (unpaired) electrons. The van der Waals surface area contributed by atoms with Gasteiger partial charge < -0.3 is 15.2 Å². The van der Waals surface area contributed by atoms with Crippen LogP contribution in [0.4, 0.5) is 5.69 Å². The highest BCUT2D eigenvalue weighted by Gasteiger charge is 2.05. The van der Waals surface area contributed by atoms with E-state index in [0.29, 0.717) is 28.2 Å². The minimum absolute atomic E-state index is 0.338. The van der Waals surface area contributed by atoms with Gasteiger partial charge in [0.15, 0.2) is 0 Å². The second kappa shape index (κ2) is 4.93. The molecule has 17 heavy (non-hydrogen) atoms. The van der Waals surface area contributed by atoms with Crippen molar-refractivity contribution in [1.29, 1.82) is 0 Å². The van der Waals surface area contributed by atoms with E-state index >= 15 is 0 Å². The topological polar surface area (TPSA) is 57.4 Å². The minimum Gasteiger partial charge on any atom is -0.479 e. The van der Waals surface area contributed by atoms with Crippen LogP contribution in [0.3, 0.4) is 0 Å². The average Bonchev–Trinajstić information content (AvgIpc) is 2.32. The number of pyridine rings is 1. The zero-order valence-corrected chi connectivity index (χ0v) is 9.94. The van der Waals surface area contributed by atoms with E-state index in [4.69, 9.17) is 26.8 Å². The molecule has 0 bridgehead atoms. The monoisotopic (exact) mass is 250 g/mol. The Hall–Kier alpha value is -1.94. The van der Waals surface area contributed by atoms with Crippen molar-refractivity contribution in [1.82, 2.24) is 4.98 Å². The summed E-state index contributed by atoms with van der Waals surface area (Å²) in [7, 11) is 1.50. The summed E-state index contributed by atoms with van der Waals surface area (Å²) >= 11 is 5.85. The van der Waals surface area contributed by atoms with Gasteiger partial charge in [0, 0.05) is 11.1 Å². The fraction of sp³-hybridized carbons (Fsp3) is 0.0833. The molecule has 0 fully saturated rings. The largest absolute Gasteiger partial charge is 0.479 e. The summed E-state index contributed by atoms with van der Waals surface area (Å²) in [5.41, 5.74) is 6.12. The SMILES string of the molecule is COc1nc(Oc2cccc(Cl)c2)ccc1N. The number of nitrogens with zero attached hydrogens (tertiary/aromatic N) is 1. The van der Waals surface area contributed by atoms with Gasteiger partial charge in [-0.25, -0.2) is 0 Å². The van der Waals surface area contributed by atoms with Crippen molar-refractivity contribution in [3.8, 4) is 17.5 Å². The molecule has 4 nitrogen and oxygen atoms in total. The number of nitrogens with two attached hydrogens (primary N) is 1. The van der Waals surface area contributed by atoms with Crippen LogP contribution in [0.1, 0.15) is 0 Å². The third-order valence-electron chi connectivity index (χ3n) is 2.08. The Bertz CT molecular complexity index is 532. The lowest BCUT2D eigenvalue weighted by molar-refractivity contribution is 0.385. The molecule has 2 N–H and O–H groups in total. The molecule has 0 saturated heterocycles. The molecule has 0 aliphatic heterocycles. The summed E-state index contributed by atoms with van der Waals surface area (Å²) in [6, 6.07) is 10.4. The predicted octanol–water partition coefficient (Wildman–Crippen LogP) is 3.12. The quantitative estimate of drug-likeness (QED) is 0.909. The average molecular weight is 251 g/mol. The van der Waals surface area contributed by atoms with Crippen molar-refractivity contribution < 1.29 is 9.47 Å². The Balaban J connectivity index is 2.24. The van der Waals surface area contributed by atoms with Gasteiger partial charge in [0.25, 0.3) is 0 Å². The second-order valence-electron chi connectivity index (χ2n) is 3.31. The van der Waals surface area contributed by atoms with Gasteiger partial charge in [-0.05, 0) is 24.3 Å². The number of nitrogen functional groups attached to an aromatic ring is 1. The Morgan fingerprint density at radius 1 is 1.24 bits per heavy atom. The maximum atomic E-state index is 5.85. The van der Waals surface area contributed by atoms with Crippen molar-refractivity contribution in [3.63, 3.8) is 0 Å². The molecule has 0 saturated carbocycles. The molecule has 5 heteroatoms. The molecule has 0 aliphatic carbocycles. The van der Waals surface area contributed by atoms with Gasteiger partial charge in [-0.2, -0.15) is 4.98 Å². The number of hydrogen-bond donors (Lipinski definition) is 1. The Morgan fingerprint density at radius 2 is 2.06 bits per heavy atom. The van der Waals surface area contributed by atoms with Crippen LogP contribution in [-0.2, 0) is 0 Å². The number of rotatable bonds is 3. The van der Waals surface area contributed by atoms with Crippen molar-refractivity contribution in [2.45, 2.75) is 0 Å². The minimum atomic E-state index is 0.338. The highest BCUT2D eigenvalue weighted by atomic mass is 35.5. The molecule has 0 unspecified atom stereocenters. The first-order valence-electron chi connectivity index (χ1n) is 4.93. The van der Waals surface area contributed by atoms with E-state index in [1.807, 2.05) is 0 Å². The smallest absolute Gasteiger partial charge is 0.240 e. The third kappa shape index (κ3) is 2.79. The molecule has 2 aromatic rings. The van der Waals surface area contributed by atoms with E-state index in [1.165, 1.54) is 7.11 Å². The van der Waals surface area contributed by atoms with Crippen LogP contribution >= 0.6 is 11.6 Å². The summed E-state index contributed by atoms with van der Waals surface area (Å²) in [6.07, 6.45) is 0. The van der Waals surface area contributed by atoms with E-state index in [9.17, 15) is 0 Å². The number of halogens is 1. The van der Waals surface area contributed by atoms with Crippen LogP contribution in [0.5, 0.6) is 17.5 Å². The van der Waals surface area contributed by atoms with Crippen molar-refractivity contribution >= 4 is 17.3 Å². The van der Waals surface area contributed by atoms with Crippen LogP contribution in [0.2, 0.25) is 5.02 Å². The Kier molecular flexibility index (Phi) is 3.35. The Labute approximate surface area is 104 Å². The van der Waals surface area contributed by atoms with Crippen LogP contribution < -0.4 is 15.2 Å². The molecule has 0 atom stereocenters. The summed E-state index contributed by atoms with van der Waals surface area (Å²) < 4.78 is 10.5. The highest BCUT2D eigenvalue weighted by molar-refractivity contribution is 6.30. The summed E-state index contributed by atoms with van der Waals surface area (Å²) in [5.74, 6) is 1.35. The fourth-order valence-electron chi connectivity index (χ4n) is 1.31. The van der Waals surface area contributed by atoms with Gasteiger partial charge in [0.1, 0.15) is 5.75 Å². The third-order valence-corrected chi connectivity index (χ3v) is 2.31. The van der Waals surface area contributed by atoms with Crippen molar-refractivity contribution in [3.05, 3.63) is 41.4 Å². The lowest BCUT2D eigenvalue weighted by Crippen LogP contribution is -1.96. The zero-order chi connectivity index (χ0) is 12.3. The van der Waals surface area contributed by atoms with Crippen LogP contribution in [0.15, 0.2) is 36.4 Å². The van der Waals surface area contributed by atoms with Crippen molar-refractivity contribution in [2.24, 2.45) is 0 Å². The lowest BCUT2D eigenvalue weighted by atomic mass is 10.3. The Morgan fingerprint density at radius 3 is 2.76 bits per heavy atom. The van der Waals surface area contributed by atoms with Crippen molar-refractivity contribution in [2.75, 3.05) is 12.8 Å². The predicted molar refractivity (Wildman–Crippen MR) is 66.7 cm³/mol. The molecule has 2 rings (SSSR count). The molecule has 1 aromatic heterocycles. The molecular weight excluding hydrogens is 240 g/mol. The van der Waals surface area contributed by atoms with Gasteiger partial charge >= 0.3 is 0 Å². The van der Waals surface area contributed by atoms with Gasteiger partial charge in [0.2, 0.25) is 11.8 Å². The molecule has 0 spiro atoms. The number of anilines is 1. The molecule has 0 amide bonds. The van der Waals surface area contributed by atoms with Gasteiger partial charge in [0.05, 0.1) is 12.8 Å². The van der Waals surface area contributed by atoms with Crippen LogP contribution in [0.25, 0.3) is 0 Å². The van der Waals surface area contributed by atoms with E-state index < -0.39 is 0 Å². The first-order valence-corrected chi connectivity index (χ1v) is 5.31. The van der Waals surface area contributed by atoms with E-state index in [2.05, 4.69) is 4.98 Å². The molecule has 1 heterocycles. The molecule has 88 valence electrons. The number of hydrogen-bond acceptors (Lipinski definition) is 4. The van der Waals surface area contributed by atoms with Crippen LogP contribution in [-0.4, -0.2) is 12.1 Å². The number of benzene rings is 1. The molecule has 0 aliphatic rings. The second-order valence-corrected chi connectivity index (χ2v) is 3.74. The van der Waals surface area contributed by atoms with Crippen LogP contribution in [0, 0.1) is 0 Å². The standard InChI is InChI=1S/C12H11ClN2O2/c1-16-12-10(14)5-6-11(15-12)17-9-4-2-3-8(13)7-9/h2-7H,14H2,1H3. The van der Waals surface area contributed by atoms with Gasteiger partial charge in [-0.3, -0.25) is 0 Å².